The van der Waals surface area contributed by atoms with Gasteiger partial charge in [0.15, 0.2) is 29.5 Å². The Morgan fingerprint density at radius 3 is 1.94 bits per heavy atom. The van der Waals surface area contributed by atoms with Gasteiger partial charge in [-0.1, -0.05) is 83.6 Å². The molecule has 9 atom stereocenters. The summed E-state index contributed by atoms with van der Waals surface area (Å²) in [6.07, 6.45) is 6.49. The number of carboxylic acids is 1. The van der Waals surface area contributed by atoms with E-state index in [4.69, 9.17) is 34.5 Å². The topological polar surface area (TPSA) is 264 Å². The smallest absolute Gasteiger partial charge is 0.341 e. The number of aliphatic carboxylic acids is 1. The predicted octanol–water partition coefficient (Wildman–Crippen LogP) is 4.95. The van der Waals surface area contributed by atoms with Crippen molar-refractivity contribution in [3.63, 3.8) is 0 Å². The zero-order valence-corrected chi connectivity index (χ0v) is 38.3. The van der Waals surface area contributed by atoms with E-state index in [2.05, 4.69) is 12.2 Å². The first-order valence-corrected chi connectivity index (χ1v) is 22.7. The average Bonchev–Trinajstić information content (AvgIpc) is 3.54. The number of allylic oxidation sites excluding steroid dienone is 1. The highest BCUT2D eigenvalue weighted by Crippen LogP contribution is 2.57. The van der Waals surface area contributed by atoms with Crippen molar-refractivity contribution >= 4 is 41.7 Å². The van der Waals surface area contributed by atoms with Gasteiger partial charge in [-0.15, -0.1) is 0 Å². The Labute approximate surface area is 371 Å². The summed E-state index contributed by atoms with van der Waals surface area (Å²) in [5.41, 5.74) is -0.804. The van der Waals surface area contributed by atoms with Crippen LogP contribution in [0.25, 0.3) is 0 Å². The van der Waals surface area contributed by atoms with Crippen LogP contribution in [-0.2, 0) is 57.2 Å². The van der Waals surface area contributed by atoms with E-state index >= 15 is 0 Å². The third-order valence-corrected chi connectivity index (χ3v) is 12.6. The molecule has 0 aromatic rings. The van der Waals surface area contributed by atoms with Crippen LogP contribution in [0.5, 0.6) is 0 Å². The Kier molecular flexibility index (Phi) is 20.3. The molecule has 17 heteroatoms. The highest BCUT2D eigenvalue weighted by atomic mass is 16.6. The Morgan fingerprint density at radius 2 is 1.40 bits per heavy atom. The molecule has 3 rings (SSSR count). The highest BCUT2D eigenvalue weighted by molar-refractivity contribution is 5.88. The van der Waals surface area contributed by atoms with E-state index in [-0.39, 0.29) is 29.6 Å². The molecular weight excluding hydrogens is 821 g/mol. The number of nitrogens with one attached hydrogen (secondary N) is 1. The number of rotatable bonds is 26. The molecule has 356 valence electrons. The van der Waals surface area contributed by atoms with Crippen molar-refractivity contribution in [2.24, 2.45) is 11.7 Å². The Hall–Kier alpha value is -4.35. The molecule has 6 N–H and O–H groups in total. The molecule has 0 bridgehead atoms. The number of nitrogens with two attached hydrogens (primary N) is 1. The normalized spacial score (nSPS) is 28.3. The van der Waals surface area contributed by atoms with Gasteiger partial charge in [0.2, 0.25) is 5.91 Å². The van der Waals surface area contributed by atoms with Crippen molar-refractivity contribution in [1.29, 1.82) is 0 Å². The summed E-state index contributed by atoms with van der Waals surface area (Å²) in [6.45, 7) is 11.0. The first-order chi connectivity index (χ1) is 29.7. The van der Waals surface area contributed by atoms with E-state index in [1.165, 1.54) is 13.8 Å². The summed E-state index contributed by atoms with van der Waals surface area (Å²) in [4.78, 5) is 89.3. The number of ether oxygens (including phenoxy) is 5. The van der Waals surface area contributed by atoms with Gasteiger partial charge in [0, 0.05) is 38.3 Å². The molecule has 0 unspecified atom stereocenters. The van der Waals surface area contributed by atoms with Crippen LogP contribution >= 0.6 is 0 Å². The van der Waals surface area contributed by atoms with Crippen LogP contribution in [-0.4, -0.2) is 111 Å². The number of amides is 1. The lowest BCUT2D eigenvalue weighted by Crippen LogP contribution is -2.64. The average molecular weight is 893 g/mol. The van der Waals surface area contributed by atoms with Crippen LogP contribution in [0.1, 0.15) is 164 Å². The van der Waals surface area contributed by atoms with Gasteiger partial charge in [0.25, 0.3) is 0 Å². The van der Waals surface area contributed by atoms with E-state index in [1.807, 2.05) is 0 Å². The maximum atomic E-state index is 13.6. The van der Waals surface area contributed by atoms with E-state index in [9.17, 15) is 43.8 Å². The molecule has 1 aliphatic heterocycles. The molecule has 2 fully saturated rings. The maximum absolute atomic E-state index is 13.6. The van der Waals surface area contributed by atoms with E-state index < -0.39 is 108 Å². The van der Waals surface area contributed by atoms with Gasteiger partial charge in [-0.05, 0) is 65.0 Å². The molecule has 3 aliphatic rings. The zero-order valence-electron chi connectivity index (χ0n) is 38.3. The summed E-state index contributed by atoms with van der Waals surface area (Å²) in [7, 11) is 0. The second-order valence-electron chi connectivity index (χ2n) is 17.7. The van der Waals surface area contributed by atoms with Gasteiger partial charge in [-0.25, -0.2) is 9.59 Å². The number of aliphatic hydroxyl groups is 2. The summed E-state index contributed by atoms with van der Waals surface area (Å²) in [5.74, 6) is -6.78. The highest BCUT2D eigenvalue weighted by Gasteiger charge is 2.76. The number of fused-ring (bicyclic) bond motifs is 3. The molecule has 1 saturated heterocycles. The molecule has 0 spiro atoms. The Morgan fingerprint density at radius 1 is 0.857 bits per heavy atom. The van der Waals surface area contributed by atoms with Crippen LogP contribution in [0.4, 0.5) is 0 Å². The van der Waals surface area contributed by atoms with Gasteiger partial charge < -0.3 is 50.1 Å². The van der Waals surface area contributed by atoms with E-state index in [0.717, 1.165) is 77.6 Å². The fraction of sp³-hybridized carbons (Fsp3) is 0.761. The third kappa shape index (κ3) is 13.6. The van der Waals surface area contributed by atoms with Crippen molar-refractivity contribution < 1.29 is 72.6 Å². The molecule has 1 amide bonds. The lowest BCUT2D eigenvalue weighted by molar-refractivity contribution is -0.212. The molecule has 0 aromatic heterocycles. The van der Waals surface area contributed by atoms with Crippen LogP contribution < -0.4 is 11.1 Å². The second-order valence-corrected chi connectivity index (χ2v) is 17.7. The van der Waals surface area contributed by atoms with Crippen molar-refractivity contribution in [3.8, 4) is 0 Å². The maximum Gasteiger partial charge on any atom is 0.341 e. The number of esters is 5. The number of carbonyl (C=O) groups excluding carboxylic acids is 6. The number of carbonyl (C=O) groups is 7. The fourth-order valence-electron chi connectivity index (χ4n) is 8.95. The molecule has 0 aromatic carbocycles. The molecule has 2 aliphatic carbocycles. The quantitative estimate of drug-likeness (QED) is 0.0253. The van der Waals surface area contributed by atoms with E-state index in [1.54, 1.807) is 26.8 Å². The predicted molar refractivity (Wildman–Crippen MR) is 228 cm³/mol. The summed E-state index contributed by atoms with van der Waals surface area (Å²) in [5, 5.41) is 35.9. The van der Waals surface area contributed by atoms with Crippen molar-refractivity contribution in [2.45, 2.75) is 211 Å². The van der Waals surface area contributed by atoms with E-state index in [0.29, 0.717) is 25.8 Å². The van der Waals surface area contributed by atoms with Crippen LogP contribution in [0.15, 0.2) is 22.8 Å². The van der Waals surface area contributed by atoms with Crippen molar-refractivity contribution in [1.82, 2.24) is 5.32 Å². The van der Waals surface area contributed by atoms with Gasteiger partial charge >= 0.3 is 35.8 Å². The first kappa shape index (κ1) is 53.0. The van der Waals surface area contributed by atoms with Gasteiger partial charge in [0.1, 0.15) is 11.7 Å². The summed E-state index contributed by atoms with van der Waals surface area (Å²) < 4.78 is 29.9. The Bertz CT molecular complexity index is 1710. The van der Waals surface area contributed by atoms with Crippen LogP contribution in [0, 0.1) is 5.92 Å². The standard InChI is InChI=1S/C46H72N2O15/c1-8-10-11-17-20-24-35(53)60-39-37-36(29(4)38(39)61-42(55)28(3)9-2)40-46(58,45(7,57)43(56)62-40)32(27-44(37,6)63-30(5)49)59-34(52)23-21-18-15-13-12-14-16-19-22-25-48-41(54)31(47)26-33(50)51/h9,31-32,37-40,57-58H,8,10-27,47H2,1-7H3,(H,48,54)(H,50,51)/b28-9-/t31-,32+,37+,38+,39+,40+,44+,45-,46-/m1/s1. The van der Waals surface area contributed by atoms with Gasteiger partial charge in [-0.2, -0.15) is 0 Å². The number of unbranched alkanes of at least 4 members (excludes halogenated alkanes) is 12. The summed E-state index contributed by atoms with van der Waals surface area (Å²) in [6, 6.07) is -1.07. The monoisotopic (exact) mass is 892 g/mol. The molecular formula is C46H72N2O15. The number of hydrogen-bond acceptors (Lipinski definition) is 15. The molecule has 63 heavy (non-hydrogen) atoms. The zero-order chi connectivity index (χ0) is 47.1. The van der Waals surface area contributed by atoms with Crippen molar-refractivity contribution in [3.05, 3.63) is 22.8 Å². The van der Waals surface area contributed by atoms with Crippen molar-refractivity contribution in [2.75, 3.05) is 6.54 Å². The molecule has 1 heterocycles. The first-order valence-electron chi connectivity index (χ1n) is 22.7. The molecule has 17 nitrogen and oxygen atoms in total. The number of hydrogen-bond donors (Lipinski definition) is 5. The minimum atomic E-state index is -2.63. The fourth-order valence-corrected chi connectivity index (χ4v) is 8.95. The SMILES string of the molecule is C/C=C(/C)C(=O)O[C@H]1C(C)=C2[C@@H]3OC(=O)[C@@](C)(O)[C@@]3(O)[C@@H](OC(=O)CCCCCCCCCCCNC(=O)[C@H](N)CC(=O)O)C[C@](C)(OC(C)=O)[C@@H]2[C@@H]1OC(=O)CCCCCCC. The van der Waals surface area contributed by atoms with Crippen LogP contribution in [0.3, 0.4) is 0 Å². The lowest BCUT2D eigenvalue weighted by Gasteiger charge is -2.41. The largest absolute Gasteiger partial charge is 0.481 e. The van der Waals surface area contributed by atoms with Gasteiger partial charge in [-0.3, -0.25) is 24.0 Å². The second kappa shape index (κ2) is 24.1. The Balaban J connectivity index is 1.76. The minimum absolute atomic E-state index is 0.0493. The van der Waals surface area contributed by atoms with Gasteiger partial charge in [0.05, 0.1) is 18.4 Å². The molecule has 1 saturated carbocycles. The van der Waals surface area contributed by atoms with Crippen LogP contribution in [0.2, 0.25) is 0 Å². The lowest BCUT2D eigenvalue weighted by atomic mass is 9.75. The minimum Gasteiger partial charge on any atom is -0.481 e. The summed E-state index contributed by atoms with van der Waals surface area (Å²) >= 11 is 0. The third-order valence-electron chi connectivity index (χ3n) is 12.6. The number of carboxylic acid groups (broad SMARTS) is 1. The molecule has 0 radical (unpaired) electrons.